The van der Waals surface area contributed by atoms with E-state index in [0.29, 0.717) is 12.2 Å². The Morgan fingerprint density at radius 1 is 0.947 bits per heavy atom. The van der Waals surface area contributed by atoms with Crippen LogP contribution in [0.3, 0.4) is 0 Å². The minimum Gasteiger partial charge on any atom is -0.381 e. The van der Waals surface area contributed by atoms with Crippen LogP contribution in [-0.4, -0.2) is 14.1 Å². The average Bonchev–Trinajstić information content (AvgIpc) is 2.40. The Morgan fingerprint density at radius 2 is 1.63 bits per heavy atom. The van der Waals surface area contributed by atoms with E-state index in [1.54, 1.807) is 0 Å². The van der Waals surface area contributed by atoms with Crippen molar-refractivity contribution in [3.05, 3.63) is 59.7 Å². The van der Waals surface area contributed by atoms with Gasteiger partial charge in [0.2, 0.25) is 0 Å². The van der Waals surface area contributed by atoms with Crippen molar-refractivity contribution >= 4 is 11.4 Å². The van der Waals surface area contributed by atoms with Crippen LogP contribution in [0.25, 0.3) is 0 Å². The first-order valence-electron chi connectivity index (χ1n) is 6.01. The van der Waals surface area contributed by atoms with Gasteiger partial charge >= 0.3 is 0 Å². The zero-order chi connectivity index (χ0) is 13.8. The molecule has 100 valence electrons. The highest BCUT2D eigenvalue weighted by Gasteiger charge is 2.02. The second-order valence-corrected chi connectivity index (χ2v) is 4.54. The van der Waals surface area contributed by atoms with Crippen molar-refractivity contribution in [3.63, 3.8) is 0 Å². The Hall–Kier alpha value is -2.10. The van der Waals surface area contributed by atoms with Gasteiger partial charge in [0.1, 0.15) is 0 Å². The quantitative estimate of drug-likeness (QED) is 0.905. The standard InChI is InChI=1S/C15H16F2N2/c1-19(2)13-6-3-11(4-7-13)10-18-12-5-8-14(16)15(17)9-12/h3-9,18H,10H2,1-2H3. The van der Waals surface area contributed by atoms with E-state index < -0.39 is 11.6 Å². The van der Waals surface area contributed by atoms with Gasteiger partial charge in [-0.3, -0.25) is 0 Å². The zero-order valence-corrected chi connectivity index (χ0v) is 11.0. The van der Waals surface area contributed by atoms with Gasteiger partial charge in [0.15, 0.2) is 11.6 Å². The van der Waals surface area contributed by atoms with Crippen LogP contribution in [0, 0.1) is 11.6 Å². The molecule has 0 aromatic heterocycles. The van der Waals surface area contributed by atoms with Crippen LogP contribution in [0.2, 0.25) is 0 Å². The Balaban J connectivity index is 2.00. The van der Waals surface area contributed by atoms with Crippen LogP contribution in [0.15, 0.2) is 42.5 Å². The van der Waals surface area contributed by atoms with Gasteiger partial charge < -0.3 is 10.2 Å². The number of anilines is 2. The maximum absolute atomic E-state index is 13.0. The maximum Gasteiger partial charge on any atom is 0.160 e. The molecule has 2 nitrogen and oxygen atoms in total. The molecule has 0 unspecified atom stereocenters. The van der Waals surface area contributed by atoms with Gasteiger partial charge in [-0.1, -0.05) is 12.1 Å². The second kappa shape index (κ2) is 5.69. The molecule has 0 atom stereocenters. The number of halogens is 2. The van der Waals surface area contributed by atoms with E-state index in [9.17, 15) is 8.78 Å². The Bertz CT molecular complexity index is 551. The molecule has 2 rings (SSSR count). The lowest BCUT2D eigenvalue weighted by atomic mass is 10.2. The summed E-state index contributed by atoms with van der Waals surface area (Å²) in [7, 11) is 3.96. The van der Waals surface area contributed by atoms with Crippen LogP contribution >= 0.6 is 0 Å². The normalized spacial score (nSPS) is 10.3. The first kappa shape index (κ1) is 13.3. The van der Waals surface area contributed by atoms with Crippen LogP contribution in [0.1, 0.15) is 5.56 Å². The second-order valence-electron chi connectivity index (χ2n) is 4.54. The molecular formula is C15H16F2N2. The van der Waals surface area contributed by atoms with Gasteiger partial charge in [-0.15, -0.1) is 0 Å². The number of hydrogen-bond acceptors (Lipinski definition) is 2. The minimum absolute atomic E-state index is 0.565. The molecular weight excluding hydrogens is 246 g/mol. The molecule has 0 saturated heterocycles. The van der Waals surface area contributed by atoms with Crippen LogP contribution in [0.4, 0.5) is 20.2 Å². The molecule has 0 bridgehead atoms. The van der Waals surface area contributed by atoms with E-state index in [2.05, 4.69) is 5.32 Å². The summed E-state index contributed by atoms with van der Waals surface area (Å²) in [4.78, 5) is 2.02. The first-order valence-corrected chi connectivity index (χ1v) is 6.01. The van der Waals surface area contributed by atoms with E-state index in [4.69, 9.17) is 0 Å². The zero-order valence-electron chi connectivity index (χ0n) is 11.0. The van der Waals surface area contributed by atoms with Gasteiger partial charge in [-0.2, -0.15) is 0 Å². The minimum atomic E-state index is -0.840. The average molecular weight is 262 g/mol. The van der Waals surface area contributed by atoms with E-state index in [0.717, 1.165) is 23.4 Å². The van der Waals surface area contributed by atoms with Crippen molar-refractivity contribution < 1.29 is 8.78 Å². The summed E-state index contributed by atoms with van der Waals surface area (Å²) >= 11 is 0. The van der Waals surface area contributed by atoms with Crippen LogP contribution in [0.5, 0.6) is 0 Å². The van der Waals surface area contributed by atoms with E-state index in [1.165, 1.54) is 6.07 Å². The lowest BCUT2D eigenvalue weighted by molar-refractivity contribution is 0.509. The molecule has 0 heterocycles. The number of hydrogen-bond donors (Lipinski definition) is 1. The van der Waals surface area contributed by atoms with Crippen molar-refractivity contribution in [1.82, 2.24) is 0 Å². The largest absolute Gasteiger partial charge is 0.381 e. The van der Waals surface area contributed by atoms with E-state index in [1.807, 2.05) is 43.3 Å². The molecule has 0 aliphatic heterocycles. The molecule has 19 heavy (non-hydrogen) atoms. The Kier molecular flexibility index (Phi) is 4.00. The van der Waals surface area contributed by atoms with Crippen molar-refractivity contribution in [2.45, 2.75) is 6.54 Å². The van der Waals surface area contributed by atoms with Crippen LogP contribution in [-0.2, 0) is 6.54 Å². The van der Waals surface area contributed by atoms with Gasteiger partial charge in [-0.25, -0.2) is 8.78 Å². The fourth-order valence-electron chi connectivity index (χ4n) is 1.72. The van der Waals surface area contributed by atoms with Crippen molar-refractivity contribution in [3.8, 4) is 0 Å². The fraction of sp³-hybridized carbons (Fsp3) is 0.200. The highest BCUT2D eigenvalue weighted by molar-refractivity contribution is 5.48. The lowest BCUT2D eigenvalue weighted by Gasteiger charge is -2.13. The third-order valence-electron chi connectivity index (χ3n) is 2.87. The van der Waals surface area contributed by atoms with Crippen molar-refractivity contribution in [1.29, 1.82) is 0 Å². The molecule has 4 heteroatoms. The summed E-state index contributed by atoms with van der Waals surface area (Å²) in [6.45, 7) is 0.568. The van der Waals surface area contributed by atoms with E-state index >= 15 is 0 Å². The number of nitrogens with zero attached hydrogens (tertiary/aromatic N) is 1. The van der Waals surface area contributed by atoms with E-state index in [-0.39, 0.29) is 0 Å². The summed E-state index contributed by atoms with van der Waals surface area (Å²) in [6.07, 6.45) is 0. The van der Waals surface area contributed by atoms with Crippen molar-refractivity contribution in [2.24, 2.45) is 0 Å². The van der Waals surface area contributed by atoms with Gasteiger partial charge in [0.05, 0.1) is 0 Å². The molecule has 0 aliphatic rings. The summed E-state index contributed by atoms with van der Waals surface area (Å²) in [6, 6.07) is 11.8. The summed E-state index contributed by atoms with van der Waals surface area (Å²) in [5.41, 5.74) is 2.77. The monoisotopic (exact) mass is 262 g/mol. The summed E-state index contributed by atoms with van der Waals surface area (Å²) in [5.74, 6) is -1.67. The molecule has 0 spiro atoms. The molecule has 0 amide bonds. The highest BCUT2D eigenvalue weighted by atomic mass is 19.2. The number of nitrogens with one attached hydrogen (secondary N) is 1. The number of rotatable bonds is 4. The summed E-state index contributed by atoms with van der Waals surface area (Å²) in [5, 5.41) is 3.06. The third kappa shape index (κ3) is 3.44. The molecule has 1 N–H and O–H groups in total. The highest BCUT2D eigenvalue weighted by Crippen LogP contribution is 2.16. The number of benzene rings is 2. The third-order valence-corrected chi connectivity index (χ3v) is 2.87. The van der Waals surface area contributed by atoms with Gasteiger partial charge in [0.25, 0.3) is 0 Å². The summed E-state index contributed by atoms with van der Waals surface area (Å²) < 4.78 is 25.8. The van der Waals surface area contributed by atoms with Gasteiger partial charge in [-0.05, 0) is 29.8 Å². The molecule has 2 aromatic rings. The van der Waals surface area contributed by atoms with Crippen molar-refractivity contribution in [2.75, 3.05) is 24.3 Å². The van der Waals surface area contributed by atoms with Gasteiger partial charge in [0, 0.05) is 38.1 Å². The fourth-order valence-corrected chi connectivity index (χ4v) is 1.72. The Morgan fingerprint density at radius 3 is 2.21 bits per heavy atom. The first-order chi connectivity index (χ1) is 9.06. The maximum atomic E-state index is 13.0. The molecule has 0 radical (unpaired) electrons. The molecule has 0 saturated carbocycles. The molecule has 0 aliphatic carbocycles. The Labute approximate surface area is 111 Å². The molecule has 2 aromatic carbocycles. The predicted octanol–water partition coefficient (Wildman–Crippen LogP) is 3.64. The lowest BCUT2D eigenvalue weighted by Crippen LogP contribution is -2.08. The predicted molar refractivity (Wildman–Crippen MR) is 74.5 cm³/mol. The smallest absolute Gasteiger partial charge is 0.160 e. The van der Waals surface area contributed by atoms with Crippen LogP contribution < -0.4 is 10.2 Å². The SMILES string of the molecule is CN(C)c1ccc(CNc2ccc(F)c(F)c2)cc1. The topological polar surface area (TPSA) is 15.3 Å². The molecule has 0 fully saturated rings.